The number of hydrogen-bond donors (Lipinski definition) is 3. The molecule has 1 heterocycles. The highest BCUT2D eigenvalue weighted by molar-refractivity contribution is 6.04. The second kappa shape index (κ2) is 5.83. The number of carbonyl (C=O) groups is 1. The smallest absolute Gasteiger partial charge is 0.257 e. The number of benzene rings is 1. The van der Waals surface area contributed by atoms with Crippen molar-refractivity contribution >= 4 is 17.4 Å². The zero-order valence-corrected chi connectivity index (χ0v) is 10.4. The predicted octanol–water partition coefficient (Wildman–Crippen LogP) is 1.63. The van der Waals surface area contributed by atoms with E-state index in [1.165, 1.54) is 6.20 Å². The van der Waals surface area contributed by atoms with Crippen LogP contribution in [0.4, 0.5) is 11.5 Å². The van der Waals surface area contributed by atoms with E-state index in [2.05, 4.69) is 15.7 Å². The molecule has 0 saturated heterocycles. The number of rotatable bonds is 4. The highest BCUT2D eigenvalue weighted by Crippen LogP contribution is 2.23. The summed E-state index contributed by atoms with van der Waals surface area (Å²) in [6.45, 7) is 0. The predicted molar refractivity (Wildman–Crippen MR) is 73.0 cm³/mol. The number of ether oxygens (including phenoxy) is 1. The Labute approximate surface area is 110 Å². The second-order valence-corrected chi connectivity index (χ2v) is 3.73. The molecule has 0 bridgehead atoms. The number of nitrogens with zero attached hydrogens (tertiary/aromatic N) is 1. The molecule has 0 aliphatic rings. The summed E-state index contributed by atoms with van der Waals surface area (Å²) >= 11 is 0. The van der Waals surface area contributed by atoms with Crippen molar-refractivity contribution in [3.63, 3.8) is 0 Å². The molecule has 19 heavy (non-hydrogen) atoms. The third-order valence-electron chi connectivity index (χ3n) is 2.53. The van der Waals surface area contributed by atoms with Crippen molar-refractivity contribution in [3.05, 3.63) is 48.2 Å². The van der Waals surface area contributed by atoms with Crippen LogP contribution in [0.1, 0.15) is 10.4 Å². The fourth-order valence-electron chi connectivity index (χ4n) is 1.56. The number of pyridine rings is 1. The Bertz CT molecular complexity index is 569. The molecule has 0 saturated carbocycles. The number of anilines is 2. The van der Waals surface area contributed by atoms with E-state index in [4.69, 9.17) is 10.6 Å². The maximum atomic E-state index is 12.0. The van der Waals surface area contributed by atoms with E-state index in [-0.39, 0.29) is 5.91 Å². The minimum absolute atomic E-state index is 0.263. The van der Waals surface area contributed by atoms with Gasteiger partial charge >= 0.3 is 0 Å². The van der Waals surface area contributed by atoms with Crippen molar-refractivity contribution in [2.45, 2.75) is 0 Å². The third kappa shape index (κ3) is 2.99. The molecule has 1 aromatic heterocycles. The van der Waals surface area contributed by atoms with E-state index in [0.29, 0.717) is 22.8 Å². The molecular weight excluding hydrogens is 244 g/mol. The van der Waals surface area contributed by atoms with Gasteiger partial charge in [0.1, 0.15) is 11.6 Å². The van der Waals surface area contributed by atoms with Crippen LogP contribution in [-0.2, 0) is 0 Å². The Morgan fingerprint density at radius 2 is 2.05 bits per heavy atom. The van der Waals surface area contributed by atoms with Crippen LogP contribution < -0.4 is 21.3 Å². The minimum atomic E-state index is -0.263. The SMILES string of the molecule is COc1ccccc1NC(=O)c1ccc(NN)nc1. The molecule has 6 heteroatoms. The molecule has 6 nitrogen and oxygen atoms in total. The van der Waals surface area contributed by atoms with Crippen LogP contribution in [0.3, 0.4) is 0 Å². The Balaban J connectivity index is 2.16. The van der Waals surface area contributed by atoms with E-state index < -0.39 is 0 Å². The molecule has 98 valence electrons. The van der Waals surface area contributed by atoms with Gasteiger partial charge in [-0.1, -0.05) is 12.1 Å². The molecule has 0 spiro atoms. The highest BCUT2D eigenvalue weighted by Gasteiger charge is 2.09. The third-order valence-corrected chi connectivity index (χ3v) is 2.53. The largest absolute Gasteiger partial charge is 0.495 e. The summed E-state index contributed by atoms with van der Waals surface area (Å²) in [7, 11) is 1.55. The van der Waals surface area contributed by atoms with Crippen molar-refractivity contribution in [2.24, 2.45) is 5.84 Å². The highest BCUT2D eigenvalue weighted by atomic mass is 16.5. The average molecular weight is 258 g/mol. The molecule has 0 radical (unpaired) electrons. The maximum absolute atomic E-state index is 12.0. The zero-order valence-electron chi connectivity index (χ0n) is 10.4. The first-order valence-corrected chi connectivity index (χ1v) is 5.61. The number of nitrogens with one attached hydrogen (secondary N) is 2. The first kappa shape index (κ1) is 12.8. The average Bonchev–Trinajstić information content (AvgIpc) is 2.48. The van der Waals surface area contributed by atoms with Crippen molar-refractivity contribution in [2.75, 3.05) is 17.9 Å². The number of aromatic nitrogens is 1. The number of nitrogens with two attached hydrogens (primary N) is 1. The summed E-state index contributed by atoms with van der Waals surface area (Å²) in [4.78, 5) is 16.0. The molecule has 0 unspecified atom stereocenters. The second-order valence-electron chi connectivity index (χ2n) is 3.73. The Hall–Kier alpha value is -2.60. The van der Waals surface area contributed by atoms with Crippen LogP contribution >= 0.6 is 0 Å². The van der Waals surface area contributed by atoms with E-state index in [0.717, 1.165) is 0 Å². The van der Waals surface area contributed by atoms with Gasteiger partial charge in [-0.3, -0.25) is 4.79 Å². The van der Waals surface area contributed by atoms with E-state index in [1.807, 2.05) is 12.1 Å². The van der Waals surface area contributed by atoms with Crippen LogP contribution in [0.5, 0.6) is 5.75 Å². The van der Waals surface area contributed by atoms with Crippen LogP contribution in [0.25, 0.3) is 0 Å². The quantitative estimate of drug-likeness (QED) is 0.573. The lowest BCUT2D eigenvalue weighted by molar-refractivity contribution is 0.102. The van der Waals surface area contributed by atoms with Gasteiger partial charge in [-0.15, -0.1) is 0 Å². The fourth-order valence-corrected chi connectivity index (χ4v) is 1.56. The lowest BCUT2D eigenvalue weighted by Gasteiger charge is -2.09. The molecule has 1 aromatic carbocycles. The molecule has 2 aromatic rings. The summed E-state index contributed by atoms with van der Waals surface area (Å²) in [6.07, 6.45) is 1.44. The Morgan fingerprint density at radius 3 is 2.68 bits per heavy atom. The number of methoxy groups -OCH3 is 1. The van der Waals surface area contributed by atoms with E-state index >= 15 is 0 Å². The summed E-state index contributed by atoms with van der Waals surface area (Å²) in [6, 6.07) is 10.4. The van der Waals surface area contributed by atoms with Crippen LogP contribution in [0.15, 0.2) is 42.6 Å². The van der Waals surface area contributed by atoms with Gasteiger partial charge in [0.2, 0.25) is 0 Å². The van der Waals surface area contributed by atoms with Crippen molar-refractivity contribution < 1.29 is 9.53 Å². The van der Waals surface area contributed by atoms with Crippen LogP contribution in [-0.4, -0.2) is 18.0 Å². The fraction of sp³-hybridized carbons (Fsp3) is 0.0769. The summed E-state index contributed by atoms with van der Waals surface area (Å²) in [5.41, 5.74) is 3.44. The van der Waals surface area contributed by atoms with Crippen molar-refractivity contribution in [1.82, 2.24) is 4.98 Å². The standard InChI is InChI=1S/C13H14N4O2/c1-19-11-5-3-2-4-10(11)16-13(18)9-6-7-12(17-14)15-8-9/h2-8H,14H2,1H3,(H,15,17)(H,16,18). The topological polar surface area (TPSA) is 89.3 Å². The van der Waals surface area contributed by atoms with Gasteiger partial charge in [0.15, 0.2) is 0 Å². The van der Waals surface area contributed by atoms with Gasteiger partial charge in [0, 0.05) is 6.20 Å². The van der Waals surface area contributed by atoms with Gasteiger partial charge in [-0.2, -0.15) is 0 Å². The molecule has 0 fully saturated rings. The lowest BCUT2D eigenvalue weighted by atomic mass is 10.2. The summed E-state index contributed by atoms with van der Waals surface area (Å²) < 4.78 is 5.16. The normalized spacial score (nSPS) is 9.79. The molecule has 0 aliphatic carbocycles. The van der Waals surface area contributed by atoms with Crippen LogP contribution in [0.2, 0.25) is 0 Å². The number of hydrazine groups is 1. The summed E-state index contributed by atoms with van der Waals surface area (Å²) in [5.74, 6) is 6.04. The van der Waals surface area contributed by atoms with Gasteiger partial charge < -0.3 is 15.5 Å². The summed E-state index contributed by atoms with van der Waals surface area (Å²) in [5, 5.41) is 2.76. The molecular formula is C13H14N4O2. The van der Waals surface area contributed by atoms with E-state index in [1.54, 1.807) is 31.4 Å². The molecule has 4 N–H and O–H groups in total. The lowest BCUT2D eigenvalue weighted by Crippen LogP contribution is -2.14. The molecule has 2 rings (SSSR count). The van der Waals surface area contributed by atoms with Gasteiger partial charge in [-0.25, -0.2) is 10.8 Å². The van der Waals surface area contributed by atoms with Gasteiger partial charge in [0.25, 0.3) is 5.91 Å². The number of hydrogen-bond acceptors (Lipinski definition) is 5. The molecule has 0 aliphatic heterocycles. The van der Waals surface area contributed by atoms with Crippen molar-refractivity contribution in [3.8, 4) is 5.75 Å². The zero-order chi connectivity index (χ0) is 13.7. The first-order valence-electron chi connectivity index (χ1n) is 5.61. The maximum Gasteiger partial charge on any atom is 0.257 e. The number of amides is 1. The van der Waals surface area contributed by atoms with Crippen LogP contribution in [0, 0.1) is 0 Å². The van der Waals surface area contributed by atoms with Crippen molar-refractivity contribution in [1.29, 1.82) is 0 Å². The van der Waals surface area contributed by atoms with Gasteiger partial charge in [-0.05, 0) is 24.3 Å². The Morgan fingerprint density at radius 1 is 1.26 bits per heavy atom. The Kier molecular flexibility index (Phi) is 3.94. The monoisotopic (exact) mass is 258 g/mol. The molecule has 0 atom stereocenters. The first-order chi connectivity index (χ1) is 9.24. The van der Waals surface area contributed by atoms with Gasteiger partial charge in [0.05, 0.1) is 18.4 Å². The number of carbonyl (C=O) groups excluding carboxylic acids is 1. The minimum Gasteiger partial charge on any atom is -0.495 e. The molecule has 1 amide bonds. The van der Waals surface area contributed by atoms with E-state index in [9.17, 15) is 4.79 Å². The number of para-hydroxylation sites is 2. The number of nitrogen functional groups attached to an aromatic ring is 1.